The maximum atomic E-state index is 11.7. The molecule has 1 amide bonds. The third kappa shape index (κ3) is 7.97. The minimum atomic E-state index is -0.783. The van der Waals surface area contributed by atoms with Gasteiger partial charge in [-0.15, -0.1) is 0 Å². The first-order valence-electron chi connectivity index (χ1n) is 7.35. The van der Waals surface area contributed by atoms with Crippen LogP contribution in [0.2, 0.25) is 0 Å². The Balaban J connectivity index is 2.26. The molecule has 0 aliphatic carbocycles. The monoisotopic (exact) mass is 292 g/mol. The largest absolute Gasteiger partial charge is 0.481 e. The number of aliphatic carboxylic acids is 1. The predicted octanol–water partition coefficient (Wildman–Crippen LogP) is 3.48. The summed E-state index contributed by atoms with van der Waals surface area (Å²) in [4.78, 5) is 22.1. The Morgan fingerprint density at radius 3 is 2.14 bits per heavy atom. The molecule has 0 radical (unpaired) electrons. The van der Waals surface area contributed by atoms with E-state index >= 15 is 0 Å². The second-order valence-electron chi connectivity index (χ2n) is 5.38. The number of nitrogens with one attached hydrogen (secondary N) is 2. The molecule has 0 aliphatic heterocycles. The molecule has 0 aliphatic rings. The average molecular weight is 292 g/mol. The van der Waals surface area contributed by atoms with Crippen LogP contribution in [0, 0.1) is 0 Å². The number of hydrogen-bond donors (Lipinski definition) is 3. The molecule has 1 aromatic rings. The van der Waals surface area contributed by atoms with Crippen LogP contribution in [0.5, 0.6) is 0 Å². The maximum absolute atomic E-state index is 11.7. The van der Waals surface area contributed by atoms with Crippen molar-refractivity contribution in [1.29, 1.82) is 0 Å². The van der Waals surface area contributed by atoms with Crippen LogP contribution in [0.1, 0.15) is 46.0 Å². The number of amides is 1. The Kier molecular flexibility index (Phi) is 7.29. The van der Waals surface area contributed by atoms with Crippen LogP contribution >= 0.6 is 0 Å². The number of carbonyl (C=O) groups is 2. The lowest BCUT2D eigenvalue weighted by Crippen LogP contribution is -2.12. The molecule has 5 heteroatoms. The van der Waals surface area contributed by atoms with Crippen LogP contribution in [0.4, 0.5) is 11.4 Å². The van der Waals surface area contributed by atoms with E-state index in [0.29, 0.717) is 25.3 Å². The molecular weight excluding hydrogens is 268 g/mol. The fourth-order valence-electron chi connectivity index (χ4n) is 1.95. The number of rotatable bonds is 9. The van der Waals surface area contributed by atoms with E-state index in [-0.39, 0.29) is 12.3 Å². The molecule has 1 rings (SSSR count). The van der Waals surface area contributed by atoms with Crippen LogP contribution in [0.25, 0.3) is 0 Å². The topological polar surface area (TPSA) is 78.4 Å². The van der Waals surface area contributed by atoms with E-state index in [9.17, 15) is 9.59 Å². The van der Waals surface area contributed by atoms with Gasteiger partial charge in [-0.2, -0.15) is 0 Å². The fraction of sp³-hybridized carbons (Fsp3) is 0.500. The summed E-state index contributed by atoms with van der Waals surface area (Å²) >= 11 is 0. The summed E-state index contributed by atoms with van der Waals surface area (Å²) in [6.07, 6.45) is 2.69. The molecule has 0 aromatic heterocycles. The third-order valence-electron chi connectivity index (χ3n) is 2.92. The van der Waals surface area contributed by atoms with E-state index in [0.717, 1.165) is 17.8 Å². The third-order valence-corrected chi connectivity index (χ3v) is 2.92. The van der Waals surface area contributed by atoms with Crippen LogP contribution < -0.4 is 10.6 Å². The zero-order valence-corrected chi connectivity index (χ0v) is 12.7. The van der Waals surface area contributed by atoms with Gasteiger partial charge in [0.05, 0.1) is 0 Å². The molecule has 0 atom stereocenters. The first-order chi connectivity index (χ1) is 9.97. The zero-order valence-electron chi connectivity index (χ0n) is 12.7. The van der Waals surface area contributed by atoms with Crippen LogP contribution in [-0.4, -0.2) is 23.0 Å². The summed E-state index contributed by atoms with van der Waals surface area (Å²) in [6.45, 7) is 4.14. The van der Waals surface area contributed by atoms with Crippen LogP contribution in [0.3, 0.4) is 0 Å². The second kappa shape index (κ2) is 9.00. The Hall–Kier alpha value is -2.04. The van der Waals surface area contributed by atoms with Crippen molar-refractivity contribution in [3.05, 3.63) is 24.3 Å². The van der Waals surface area contributed by atoms with Crippen molar-refractivity contribution in [1.82, 2.24) is 0 Å². The van der Waals surface area contributed by atoms with E-state index in [1.165, 1.54) is 0 Å². The zero-order chi connectivity index (χ0) is 15.7. The highest BCUT2D eigenvalue weighted by molar-refractivity contribution is 5.90. The van der Waals surface area contributed by atoms with E-state index < -0.39 is 5.97 Å². The summed E-state index contributed by atoms with van der Waals surface area (Å²) in [6, 6.07) is 7.97. The Labute approximate surface area is 125 Å². The summed E-state index contributed by atoms with van der Waals surface area (Å²) in [5.41, 5.74) is 1.80. The Bertz CT molecular complexity index is 455. The van der Waals surface area contributed by atoms with Gasteiger partial charge in [0.25, 0.3) is 0 Å². The smallest absolute Gasteiger partial charge is 0.303 e. The highest BCUT2D eigenvalue weighted by atomic mass is 16.4. The van der Waals surface area contributed by atoms with E-state index in [1.54, 1.807) is 0 Å². The lowest BCUT2D eigenvalue weighted by atomic mass is 10.1. The minimum absolute atomic E-state index is 0.0325. The maximum Gasteiger partial charge on any atom is 0.303 e. The van der Waals surface area contributed by atoms with Gasteiger partial charge >= 0.3 is 5.97 Å². The molecular formula is C16H24N2O3. The van der Waals surface area contributed by atoms with Gasteiger partial charge in [0.15, 0.2) is 0 Å². The molecule has 0 bridgehead atoms. The molecule has 0 unspecified atom stereocenters. The highest BCUT2D eigenvalue weighted by Gasteiger charge is 2.03. The van der Waals surface area contributed by atoms with Gasteiger partial charge in [0, 0.05) is 30.3 Å². The first-order valence-corrected chi connectivity index (χ1v) is 7.35. The number of hydrogen-bond acceptors (Lipinski definition) is 3. The fourth-order valence-corrected chi connectivity index (χ4v) is 1.95. The van der Waals surface area contributed by atoms with E-state index in [1.807, 2.05) is 24.3 Å². The number of carboxylic acids is 1. The number of unbranched alkanes of at least 4 members (excludes halogenated alkanes) is 2. The van der Waals surface area contributed by atoms with Crippen LogP contribution in [-0.2, 0) is 9.59 Å². The Morgan fingerprint density at radius 1 is 1.00 bits per heavy atom. The molecule has 1 aromatic carbocycles. The molecule has 3 N–H and O–H groups in total. The molecule has 116 valence electrons. The SMILES string of the molecule is CC(C)Nc1ccc(NC(=O)CCCCCC(=O)O)cc1. The van der Waals surface area contributed by atoms with Crippen molar-refractivity contribution in [2.75, 3.05) is 10.6 Å². The number of carboxylic acid groups (broad SMARTS) is 1. The van der Waals surface area contributed by atoms with E-state index in [2.05, 4.69) is 24.5 Å². The summed E-state index contributed by atoms with van der Waals surface area (Å²) in [5, 5.41) is 14.6. The predicted molar refractivity (Wildman–Crippen MR) is 84.6 cm³/mol. The molecule has 0 fully saturated rings. The van der Waals surface area contributed by atoms with Crippen molar-refractivity contribution >= 4 is 23.3 Å². The quantitative estimate of drug-likeness (QED) is 0.609. The van der Waals surface area contributed by atoms with Crippen molar-refractivity contribution < 1.29 is 14.7 Å². The van der Waals surface area contributed by atoms with E-state index in [4.69, 9.17) is 5.11 Å². The lowest BCUT2D eigenvalue weighted by Gasteiger charge is -2.11. The highest BCUT2D eigenvalue weighted by Crippen LogP contribution is 2.15. The Morgan fingerprint density at radius 2 is 1.57 bits per heavy atom. The molecule has 0 saturated carbocycles. The average Bonchev–Trinajstić information content (AvgIpc) is 2.39. The summed E-state index contributed by atoms with van der Waals surface area (Å²) < 4.78 is 0. The van der Waals surface area contributed by atoms with Gasteiger partial charge in [0.1, 0.15) is 0 Å². The van der Waals surface area contributed by atoms with Gasteiger partial charge in [-0.3, -0.25) is 9.59 Å². The van der Waals surface area contributed by atoms with Crippen molar-refractivity contribution in [3.63, 3.8) is 0 Å². The standard InChI is InChI=1S/C16H24N2O3/c1-12(2)17-13-8-10-14(11-9-13)18-15(19)6-4-3-5-7-16(20)21/h8-12,17H,3-7H2,1-2H3,(H,18,19)(H,20,21). The molecule has 21 heavy (non-hydrogen) atoms. The second-order valence-corrected chi connectivity index (χ2v) is 5.38. The molecule has 0 saturated heterocycles. The minimum Gasteiger partial charge on any atom is -0.481 e. The molecule has 0 heterocycles. The van der Waals surface area contributed by atoms with Gasteiger partial charge in [-0.1, -0.05) is 6.42 Å². The normalized spacial score (nSPS) is 10.4. The molecule has 0 spiro atoms. The van der Waals surface area contributed by atoms with Gasteiger partial charge in [-0.25, -0.2) is 0 Å². The number of benzene rings is 1. The van der Waals surface area contributed by atoms with Gasteiger partial charge < -0.3 is 15.7 Å². The van der Waals surface area contributed by atoms with Crippen molar-refractivity contribution in [2.45, 2.75) is 52.0 Å². The number of anilines is 2. The lowest BCUT2D eigenvalue weighted by molar-refractivity contribution is -0.137. The summed E-state index contributed by atoms with van der Waals surface area (Å²) in [5.74, 6) is -0.815. The number of carbonyl (C=O) groups excluding carboxylic acids is 1. The first kappa shape index (κ1) is 17.0. The summed E-state index contributed by atoms with van der Waals surface area (Å²) in [7, 11) is 0. The van der Waals surface area contributed by atoms with Crippen molar-refractivity contribution in [2.24, 2.45) is 0 Å². The van der Waals surface area contributed by atoms with Gasteiger partial charge in [-0.05, 0) is 51.0 Å². The molecule has 5 nitrogen and oxygen atoms in total. The van der Waals surface area contributed by atoms with Crippen molar-refractivity contribution in [3.8, 4) is 0 Å². The van der Waals surface area contributed by atoms with Gasteiger partial charge in [0.2, 0.25) is 5.91 Å². The van der Waals surface area contributed by atoms with Crippen LogP contribution in [0.15, 0.2) is 24.3 Å².